The summed E-state index contributed by atoms with van der Waals surface area (Å²) in [7, 11) is 0. The maximum atomic E-state index is 10.3. The molecule has 2 rings (SSSR count). The Morgan fingerprint density at radius 3 is 3.00 bits per heavy atom. The van der Waals surface area contributed by atoms with Crippen LogP contribution >= 0.6 is 24.0 Å². The lowest BCUT2D eigenvalue weighted by molar-refractivity contribution is -0.0314. The number of ether oxygens (including phenoxy) is 1. The maximum absolute atomic E-state index is 10.3. The zero-order chi connectivity index (χ0) is 9.47. The molecular weight excluding hydrogens is 204 g/mol. The van der Waals surface area contributed by atoms with Crippen molar-refractivity contribution < 1.29 is 9.84 Å². The minimum absolute atomic E-state index is 0.116. The highest BCUT2D eigenvalue weighted by molar-refractivity contribution is 7.82. The Kier molecular flexibility index (Phi) is 2.40. The van der Waals surface area contributed by atoms with Gasteiger partial charge in [-0.1, -0.05) is 0 Å². The molecule has 1 saturated heterocycles. The predicted molar refractivity (Wildman–Crippen MR) is 55.5 cm³/mol. The van der Waals surface area contributed by atoms with Crippen molar-refractivity contribution in [3.8, 4) is 0 Å². The van der Waals surface area contributed by atoms with Crippen LogP contribution < -0.4 is 0 Å². The van der Waals surface area contributed by atoms with Gasteiger partial charge in [0.2, 0.25) is 0 Å². The average molecular weight is 216 g/mol. The fourth-order valence-electron chi connectivity index (χ4n) is 1.66. The highest BCUT2D eigenvalue weighted by Crippen LogP contribution is 2.38. The van der Waals surface area contributed by atoms with E-state index < -0.39 is 5.60 Å². The first kappa shape index (κ1) is 9.52. The molecule has 0 bridgehead atoms. The summed E-state index contributed by atoms with van der Waals surface area (Å²) in [6.07, 6.45) is 0.563. The number of rotatable bonds is 1. The summed E-state index contributed by atoms with van der Waals surface area (Å²) in [4.78, 5) is 0. The van der Waals surface area contributed by atoms with Crippen LogP contribution in [0.3, 0.4) is 0 Å². The SMILES string of the molecule is CC1OCCC1(O)c1csc(S)c1. The molecule has 2 atom stereocenters. The van der Waals surface area contributed by atoms with Gasteiger partial charge in [0.05, 0.1) is 16.9 Å². The van der Waals surface area contributed by atoms with Crippen molar-refractivity contribution in [2.24, 2.45) is 0 Å². The zero-order valence-electron chi connectivity index (χ0n) is 7.36. The normalized spacial score (nSPS) is 33.9. The van der Waals surface area contributed by atoms with Gasteiger partial charge >= 0.3 is 0 Å². The van der Waals surface area contributed by atoms with Gasteiger partial charge in [0.1, 0.15) is 5.60 Å². The van der Waals surface area contributed by atoms with E-state index in [1.165, 1.54) is 0 Å². The number of aliphatic hydroxyl groups is 1. The first-order valence-corrected chi connectivity index (χ1v) is 5.57. The molecule has 0 aliphatic carbocycles. The molecule has 4 heteroatoms. The van der Waals surface area contributed by atoms with Crippen molar-refractivity contribution in [2.75, 3.05) is 6.61 Å². The van der Waals surface area contributed by atoms with E-state index in [4.69, 9.17) is 4.74 Å². The van der Waals surface area contributed by atoms with E-state index in [0.717, 1.165) is 9.77 Å². The fraction of sp³-hybridized carbons (Fsp3) is 0.556. The van der Waals surface area contributed by atoms with Gasteiger partial charge in [0.25, 0.3) is 0 Å². The number of hydrogen-bond donors (Lipinski definition) is 2. The summed E-state index contributed by atoms with van der Waals surface area (Å²) in [6.45, 7) is 2.54. The van der Waals surface area contributed by atoms with Crippen LogP contribution in [-0.4, -0.2) is 17.8 Å². The molecule has 2 heterocycles. The minimum Gasteiger partial charge on any atom is -0.382 e. The lowest BCUT2D eigenvalue weighted by Crippen LogP contribution is -2.32. The summed E-state index contributed by atoms with van der Waals surface area (Å²) >= 11 is 5.77. The number of thiophene rings is 1. The molecule has 1 aromatic rings. The number of thiol groups is 1. The molecule has 0 saturated carbocycles. The van der Waals surface area contributed by atoms with Crippen molar-refractivity contribution in [2.45, 2.75) is 29.3 Å². The average Bonchev–Trinajstić information content (AvgIpc) is 2.62. The monoisotopic (exact) mass is 216 g/mol. The molecule has 1 aromatic heterocycles. The summed E-state index contributed by atoms with van der Waals surface area (Å²) < 4.78 is 6.29. The molecule has 72 valence electrons. The van der Waals surface area contributed by atoms with Gasteiger partial charge in [-0.05, 0) is 23.9 Å². The van der Waals surface area contributed by atoms with Crippen LogP contribution in [0.5, 0.6) is 0 Å². The van der Waals surface area contributed by atoms with Crippen molar-refractivity contribution in [1.82, 2.24) is 0 Å². The molecule has 1 aliphatic heterocycles. The van der Waals surface area contributed by atoms with Crippen LogP contribution in [0.4, 0.5) is 0 Å². The second-order valence-corrected chi connectivity index (χ2v) is 5.06. The number of hydrogen-bond acceptors (Lipinski definition) is 4. The first-order chi connectivity index (χ1) is 6.13. The molecular formula is C9H12O2S2. The Bertz CT molecular complexity index is 310. The highest BCUT2D eigenvalue weighted by Gasteiger charge is 2.41. The summed E-state index contributed by atoms with van der Waals surface area (Å²) in [5.74, 6) is 0. The van der Waals surface area contributed by atoms with Crippen molar-refractivity contribution in [3.63, 3.8) is 0 Å². The third kappa shape index (κ3) is 1.52. The molecule has 0 amide bonds. The lowest BCUT2D eigenvalue weighted by atomic mass is 9.90. The van der Waals surface area contributed by atoms with E-state index >= 15 is 0 Å². The summed E-state index contributed by atoms with van der Waals surface area (Å²) in [6, 6.07) is 1.92. The molecule has 2 nitrogen and oxygen atoms in total. The molecule has 0 radical (unpaired) electrons. The first-order valence-electron chi connectivity index (χ1n) is 4.25. The fourth-order valence-corrected chi connectivity index (χ4v) is 2.68. The largest absolute Gasteiger partial charge is 0.382 e. The molecule has 1 fully saturated rings. The van der Waals surface area contributed by atoms with Crippen LogP contribution in [0, 0.1) is 0 Å². The minimum atomic E-state index is -0.794. The standard InChI is InChI=1S/C9H12O2S2/c1-6-9(10,2-3-11-6)7-4-8(12)13-5-7/h4-6,10,12H,2-3H2,1H3. The summed E-state index contributed by atoms with van der Waals surface area (Å²) in [5, 5.41) is 12.2. The Morgan fingerprint density at radius 2 is 2.54 bits per heavy atom. The van der Waals surface area contributed by atoms with Gasteiger partial charge in [-0.15, -0.1) is 24.0 Å². The van der Waals surface area contributed by atoms with E-state index in [9.17, 15) is 5.11 Å². The van der Waals surface area contributed by atoms with Gasteiger partial charge in [0.15, 0.2) is 0 Å². The van der Waals surface area contributed by atoms with Crippen LogP contribution in [0.15, 0.2) is 15.7 Å². The second-order valence-electron chi connectivity index (χ2n) is 3.36. The molecule has 0 spiro atoms. The van der Waals surface area contributed by atoms with Crippen LogP contribution in [0.25, 0.3) is 0 Å². The molecule has 2 unspecified atom stereocenters. The van der Waals surface area contributed by atoms with Gasteiger partial charge in [-0.25, -0.2) is 0 Å². The van der Waals surface area contributed by atoms with Gasteiger partial charge in [-0.2, -0.15) is 0 Å². The summed E-state index contributed by atoms with van der Waals surface area (Å²) in [5.41, 5.74) is 0.143. The van der Waals surface area contributed by atoms with Crippen LogP contribution in [0.2, 0.25) is 0 Å². The Labute approximate surface area is 87.0 Å². The van der Waals surface area contributed by atoms with Crippen molar-refractivity contribution >= 4 is 24.0 Å². The second kappa shape index (κ2) is 3.28. The van der Waals surface area contributed by atoms with E-state index in [1.807, 2.05) is 18.4 Å². The zero-order valence-corrected chi connectivity index (χ0v) is 9.07. The van der Waals surface area contributed by atoms with Gasteiger partial charge in [0, 0.05) is 6.42 Å². The molecule has 1 aliphatic rings. The van der Waals surface area contributed by atoms with Gasteiger partial charge in [-0.3, -0.25) is 0 Å². The van der Waals surface area contributed by atoms with E-state index in [0.29, 0.717) is 13.0 Å². The highest BCUT2D eigenvalue weighted by atomic mass is 32.2. The van der Waals surface area contributed by atoms with E-state index in [2.05, 4.69) is 12.6 Å². The lowest BCUT2D eigenvalue weighted by Gasteiger charge is -2.24. The van der Waals surface area contributed by atoms with E-state index in [-0.39, 0.29) is 6.10 Å². The molecule has 0 aromatic carbocycles. The Hall–Kier alpha value is -0.0300. The van der Waals surface area contributed by atoms with Crippen LogP contribution in [0.1, 0.15) is 18.9 Å². The van der Waals surface area contributed by atoms with Crippen molar-refractivity contribution in [3.05, 3.63) is 17.0 Å². The van der Waals surface area contributed by atoms with Crippen molar-refractivity contribution in [1.29, 1.82) is 0 Å². The quantitative estimate of drug-likeness (QED) is 0.703. The third-order valence-electron chi connectivity index (χ3n) is 2.61. The topological polar surface area (TPSA) is 29.5 Å². The maximum Gasteiger partial charge on any atom is 0.118 e. The Balaban J connectivity index is 2.33. The Morgan fingerprint density at radius 1 is 1.77 bits per heavy atom. The molecule has 1 N–H and O–H groups in total. The predicted octanol–water partition coefficient (Wildman–Crippen LogP) is 2.03. The molecule has 13 heavy (non-hydrogen) atoms. The van der Waals surface area contributed by atoms with E-state index in [1.54, 1.807) is 11.3 Å². The van der Waals surface area contributed by atoms with Gasteiger partial charge < -0.3 is 9.84 Å². The smallest absolute Gasteiger partial charge is 0.118 e. The third-order valence-corrected chi connectivity index (χ3v) is 3.79. The van der Waals surface area contributed by atoms with Crippen LogP contribution in [-0.2, 0) is 10.3 Å².